The smallest absolute Gasteiger partial charge is 0.284 e. The monoisotopic (exact) mass is 398 g/mol. The molecule has 0 radical (unpaired) electrons. The van der Waals surface area contributed by atoms with E-state index in [0.29, 0.717) is 17.1 Å². The molecule has 1 N–H and O–H groups in total. The maximum absolute atomic E-state index is 13.3. The lowest BCUT2D eigenvalue weighted by Gasteiger charge is -2.42. The van der Waals surface area contributed by atoms with Crippen LogP contribution in [-0.4, -0.2) is 32.8 Å². The number of carbonyl (C=O) groups is 2. The van der Waals surface area contributed by atoms with Gasteiger partial charge in [0.15, 0.2) is 5.76 Å². The Kier molecular flexibility index (Phi) is 4.46. The number of rotatable bonds is 4. The maximum Gasteiger partial charge on any atom is 0.284 e. The second-order valence-electron chi connectivity index (χ2n) is 6.81. The van der Waals surface area contributed by atoms with Gasteiger partial charge in [-0.3, -0.25) is 14.5 Å². The Morgan fingerprint density at radius 3 is 2.75 bits per heavy atom. The highest BCUT2D eigenvalue weighted by Gasteiger charge is 2.45. The summed E-state index contributed by atoms with van der Waals surface area (Å²) in [5, 5.41) is 10.5. The fraction of sp³-hybridized carbons (Fsp3) is 0.263. The van der Waals surface area contributed by atoms with Crippen LogP contribution < -0.4 is 10.2 Å². The molecule has 0 aliphatic carbocycles. The molecule has 1 aromatic carbocycles. The summed E-state index contributed by atoms with van der Waals surface area (Å²) in [5.74, 6) is 0.237. The minimum atomic E-state index is -1.03. The third kappa shape index (κ3) is 3.07. The van der Waals surface area contributed by atoms with Crippen molar-refractivity contribution in [2.45, 2.75) is 36.8 Å². The van der Waals surface area contributed by atoms with E-state index in [9.17, 15) is 9.59 Å². The van der Waals surface area contributed by atoms with Crippen LogP contribution >= 0.6 is 11.8 Å². The molecule has 8 nitrogen and oxygen atoms in total. The van der Waals surface area contributed by atoms with Crippen LogP contribution in [0, 0.1) is 0 Å². The maximum atomic E-state index is 13.3. The minimum absolute atomic E-state index is 0.227. The average Bonchev–Trinajstić information content (AvgIpc) is 3.33. The number of para-hydroxylation sites is 2. The number of hydrogen-bond acceptors (Lipinski definition) is 7. The molecule has 28 heavy (non-hydrogen) atoms. The molecular formula is C19H18N4O4S. The predicted molar refractivity (Wildman–Crippen MR) is 104 cm³/mol. The standard InChI is InChI=1S/C19H18N4O4S/c1-11(28-18-22-21-15(27-18)14-9-6-10-26-14)16(24)23-13-8-5-4-7-12(13)20-17(25)19(23,2)3/h4-11H,1-3H3,(H,20,25)/t11-/m1/s1. The van der Waals surface area contributed by atoms with E-state index >= 15 is 0 Å². The molecular weight excluding hydrogens is 380 g/mol. The van der Waals surface area contributed by atoms with Gasteiger partial charge in [0.05, 0.1) is 22.9 Å². The number of benzene rings is 1. The first kappa shape index (κ1) is 18.3. The first-order valence-electron chi connectivity index (χ1n) is 8.66. The summed E-state index contributed by atoms with van der Waals surface area (Å²) in [6.45, 7) is 5.18. The van der Waals surface area contributed by atoms with Crippen LogP contribution in [0.3, 0.4) is 0 Å². The quantitative estimate of drug-likeness (QED) is 0.670. The van der Waals surface area contributed by atoms with Crippen LogP contribution in [0.4, 0.5) is 11.4 Å². The summed E-state index contributed by atoms with van der Waals surface area (Å²) < 4.78 is 10.8. The number of furan rings is 1. The van der Waals surface area contributed by atoms with Crippen LogP contribution in [0.15, 0.2) is 56.7 Å². The Bertz CT molecular complexity index is 1030. The predicted octanol–water partition coefficient (Wildman–Crippen LogP) is 3.57. The molecule has 2 amide bonds. The number of nitrogens with zero attached hydrogens (tertiary/aromatic N) is 3. The molecule has 9 heteroatoms. The van der Waals surface area contributed by atoms with E-state index in [0.717, 1.165) is 11.8 Å². The molecule has 3 heterocycles. The average molecular weight is 398 g/mol. The van der Waals surface area contributed by atoms with Crippen LogP contribution in [0.2, 0.25) is 0 Å². The number of thioether (sulfide) groups is 1. The van der Waals surface area contributed by atoms with Gasteiger partial charge < -0.3 is 14.2 Å². The second-order valence-corrected chi connectivity index (χ2v) is 8.11. The molecule has 0 bridgehead atoms. The summed E-state index contributed by atoms with van der Waals surface area (Å²) in [6.07, 6.45) is 1.51. The van der Waals surface area contributed by atoms with E-state index in [1.165, 1.54) is 11.2 Å². The van der Waals surface area contributed by atoms with Crippen molar-refractivity contribution in [3.63, 3.8) is 0 Å². The Labute approximate surface area is 165 Å². The van der Waals surface area contributed by atoms with Gasteiger partial charge in [0.1, 0.15) is 5.54 Å². The third-order valence-electron chi connectivity index (χ3n) is 4.49. The van der Waals surface area contributed by atoms with Gasteiger partial charge in [0, 0.05) is 0 Å². The molecule has 1 aliphatic heterocycles. The van der Waals surface area contributed by atoms with Crippen LogP contribution in [0.5, 0.6) is 0 Å². The highest BCUT2D eigenvalue weighted by molar-refractivity contribution is 8.00. The molecule has 0 spiro atoms. The first-order chi connectivity index (χ1) is 13.4. The van der Waals surface area contributed by atoms with E-state index in [1.807, 2.05) is 18.2 Å². The van der Waals surface area contributed by atoms with Crippen LogP contribution in [-0.2, 0) is 9.59 Å². The lowest BCUT2D eigenvalue weighted by Crippen LogP contribution is -2.60. The second kappa shape index (κ2) is 6.83. The van der Waals surface area contributed by atoms with Crippen molar-refractivity contribution in [1.82, 2.24) is 10.2 Å². The molecule has 1 aliphatic rings. The first-order valence-corrected chi connectivity index (χ1v) is 9.54. The molecule has 4 rings (SSSR count). The third-order valence-corrected chi connectivity index (χ3v) is 5.41. The van der Waals surface area contributed by atoms with E-state index in [1.54, 1.807) is 39.0 Å². The van der Waals surface area contributed by atoms with Gasteiger partial charge in [0.2, 0.25) is 11.8 Å². The van der Waals surface area contributed by atoms with E-state index in [2.05, 4.69) is 15.5 Å². The van der Waals surface area contributed by atoms with Crippen molar-refractivity contribution in [2.75, 3.05) is 10.2 Å². The zero-order valence-corrected chi connectivity index (χ0v) is 16.3. The lowest BCUT2D eigenvalue weighted by atomic mass is 9.96. The number of amides is 2. The van der Waals surface area contributed by atoms with E-state index < -0.39 is 10.8 Å². The molecule has 0 saturated carbocycles. The number of aromatic nitrogens is 2. The van der Waals surface area contributed by atoms with Crippen molar-refractivity contribution in [3.05, 3.63) is 42.7 Å². The van der Waals surface area contributed by atoms with Gasteiger partial charge in [-0.15, -0.1) is 10.2 Å². The van der Waals surface area contributed by atoms with Gasteiger partial charge in [-0.1, -0.05) is 23.9 Å². The van der Waals surface area contributed by atoms with Crippen molar-refractivity contribution < 1.29 is 18.4 Å². The summed E-state index contributed by atoms with van der Waals surface area (Å²) in [6, 6.07) is 10.7. The van der Waals surface area contributed by atoms with Crippen LogP contribution in [0.25, 0.3) is 11.7 Å². The van der Waals surface area contributed by atoms with Crippen molar-refractivity contribution in [2.24, 2.45) is 0 Å². The Morgan fingerprint density at radius 2 is 2.00 bits per heavy atom. The molecule has 0 saturated heterocycles. The zero-order chi connectivity index (χ0) is 19.9. The molecule has 2 aromatic heterocycles. The highest BCUT2D eigenvalue weighted by atomic mass is 32.2. The molecule has 0 fully saturated rings. The summed E-state index contributed by atoms with van der Waals surface area (Å²) in [4.78, 5) is 27.4. The van der Waals surface area contributed by atoms with Gasteiger partial charge in [-0.05, 0) is 45.0 Å². The van der Waals surface area contributed by atoms with Crippen molar-refractivity contribution >= 4 is 35.0 Å². The number of hydrogen-bond donors (Lipinski definition) is 1. The van der Waals surface area contributed by atoms with Gasteiger partial charge >= 0.3 is 0 Å². The molecule has 144 valence electrons. The van der Waals surface area contributed by atoms with Gasteiger partial charge in [-0.25, -0.2) is 0 Å². The van der Waals surface area contributed by atoms with Gasteiger partial charge in [-0.2, -0.15) is 0 Å². The number of anilines is 2. The fourth-order valence-corrected chi connectivity index (χ4v) is 3.71. The largest absolute Gasteiger partial charge is 0.459 e. The summed E-state index contributed by atoms with van der Waals surface area (Å²) in [5.41, 5.74) is 0.232. The Hall–Kier alpha value is -3.07. The van der Waals surface area contributed by atoms with E-state index in [-0.39, 0.29) is 22.9 Å². The Balaban J connectivity index is 1.59. The molecule has 1 atom stereocenters. The zero-order valence-electron chi connectivity index (χ0n) is 15.5. The minimum Gasteiger partial charge on any atom is -0.459 e. The van der Waals surface area contributed by atoms with Crippen molar-refractivity contribution in [1.29, 1.82) is 0 Å². The normalized spacial score (nSPS) is 16.4. The SMILES string of the molecule is C[C@@H](Sc1nnc(-c2ccco2)o1)C(=O)N1c2ccccc2NC(=O)C1(C)C. The number of fused-ring (bicyclic) bond motifs is 1. The molecule has 0 unspecified atom stereocenters. The Morgan fingerprint density at radius 1 is 1.21 bits per heavy atom. The summed E-state index contributed by atoms with van der Waals surface area (Å²) >= 11 is 1.14. The number of carbonyl (C=O) groups excluding carboxylic acids is 2. The molecule has 3 aromatic rings. The lowest BCUT2D eigenvalue weighted by molar-refractivity contribution is -0.126. The van der Waals surface area contributed by atoms with E-state index in [4.69, 9.17) is 8.83 Å². The topological polar surface area (TPSA) is 101 Å². The fourth-order valence-electron chi connectivity index (χ4n) is 2.99. The summed E-state index contributed by atoms with van der Waals surface area (Å²) in [7, 11) is 0. The number of nitrogens with one attached hydrogen (secondary N) is 1. The van der Waals surface area contributed by atoms with Crippen molar-refractivity contribution in [3.8, 4) is 11.7 Å². The van der Waals surface area contributed by atoms with Gasteiger partial charge in [0.25, 0.3) is 11.1 Å². The highest BCUT2D eigenvalue weighted by Crippen LogP contribution is 2.38. The van der Waals surface area contributed by atoms with Crippen LogP contribution in [0.1, 0.15) is 20.8 Å².